The second-order valence-corrected chi connectivity index (χ2v) is 6.29. The molecule has 2 rings (SSSR count). The molecule has 136 valence electrons. The van der Waals surface area contributed by atoms with Crippen molar-refractivity contribution in [2.24, 2.45) is 0 Å². The zero-order valence-corrected chi connectivity index (χ0v) is 16.4. The fourth-order valence-electron chi connectivity index (χ4n) is 2.39. The summed E-state index contributed by atoms with van der Waals surface area (Å²) in [6.45, 7) is 5.38. The molecule has 0 amide bonds. The van der Waals surface area contributed by atoms with Gasteiger partial charge in [0, 0.05) is 19.2 Å². The third-order valence-corrected chi connectivity index (χ3v) is 4.58. The van der Waals surface area contributed by atoms with Crippen LogP contribution >= 0.6 is 23.8 Å². The SMILES string of the molecule is COc1ccc(NC(=S)NCCCn2nc(C)c(Cl)c2C)c(OC)c1. The van der Waals surface area contributed by atoms with Crippen molar-refractivity contribution in [1.82, 2.24) is 15.1 Å². The van der Waals surface area contributed by atoms with E-state index < -0.39 is 0 Å². The summed E-state index contributed by atoms with van der Waals surface area (Å²) in [6.07, 6.45) is 0.875. The fraction of sp³-hybridized carbons (Fsp3) is 0.412. The average Bonchev–Trinajstić information content (AvgIpc) is 2.86. The van der Waals surface area contributed by atoms with E-state index in [2.05, 4.69) is 15.7 Å². The second-order valence-electron chi connectivity index (χ2n) is 5.51. The topological polar surface area (TPSA) is 60.3 Å². The van der Waals surface area contributed by atoms with E-state index in [1.165, 1.54) is 0 Å². The molecule has 0 atom stereocenters. The predicted molar refractivity (Wildman–Crippen MR) is 105 cm³/mol. The van der Waals surface area contributed by atoms with Gasteiger partial charge in [0.2, 0.25) is 0 Å². The predicted octanol–water partition coefficient (Wildman–Crippen LogP) is 3.55. The van der Waals surface area contributed by atoms with E-state index in [4.69, 9.17) is 33.3 Å². The number of aromatic nitrogens is 2. The van der Waals surface area contributed by atoms with E-state index in [9.17, 15) is 0 Å². The number of thiocarbonyl (C=S) groups is 1. The van der Waals surface area contributed by atoms with Crippen LogP contribution < -0.4 is 20.1 Å². The first-order chi connectivity index (χ1) is 12.0. The third kappa shape index (κ3) is 4.99. The van der Waals surface area contributed by atoms with Crippen LogP contribution in [0, 0.1) is 13.8 Å². The normalized spacial score (nSPS) is 10.4. The van der Waals surface area contributed by atoms with Gasteiger partial charge in [-0.2, -0.15) is 5.10 Å². The number of rotatable bonds is 7. The molecule has 0 aliphatic carbocycles. The lowest BCUT2D eigenvalue weighted by Crippen LogP contribution is -2.30. The van der Waals surface area contributed by atoms with Crippen molar-refractivity contribution >= 4 is 34.6 Å². The average molecular weight is 383 g/mol. The van der Waals surface area contributed by atoms with E-state index in [0.29, 0.717) is 10.9 Å². The number of benzene rings is 1. The summed E-state index contributed by atoms with van der Waals surface area (Å²) in [4.78, 5) is 0. The smallest absolute Gasteiger partial charge is 0.170 e. The van der Waals surface area contributed by atoms with Gasteiger partial charge in [0.15, 0.2) is 5.11 Å². The molecule has 1 aromatic heterocycles. The lowest BCUT2D eigenvalue weighted by Gasteiger charge is -2.14. The lowest BCUT2D eigenvalue weighted by molar-refractivity contribution is 0.395. The monoisotopic (exact) mass is 382 g/mol. The van der Waals surface area contributed by atoms with Crippen LogP contribution in [0.25, 0.3) is 0 Å². The Kier molecular flexibility index (Phi) is 6.90. The number of methoxy groups -OCH3 is 2. The van der Waals surface area contributed by atoms with Gasteiger partial charge in [-0.1, -0.05) is 11.6 Å². The summed E-state index contributed by atoms with van der Waals surface area (Å²) in [6, 6.07) is 5.51. The van der Waals surface area contributed by atoms with Crippen molar-refractivity contribution in [3.63, 3.8) is 0 Å². The molecular weight excluding hydrogens is 360 g/mol. The first kappa shape index (κ1) is 19.3. The Hall–Kier alpha value is -1.99. The highest BCUT2D eigenvalue weighted by Gasteiger charge is 2.09. The number of nitrogens with zero attached hydrogens (tertiary/aromatic N) is 2. The molecule has 2 N–H and O–H groups in total. The van der Waals surface area contributed by atoms with Crippen molar-refractivity contribution in [2.45, 2.75) is 26.8 Å². The highest BCUT2D eigenvalue weighted by molar-refractivity contribution is 7.80. The first-order valence-electron chi connectivity index (χ1n) is 7.92. The summed E-state index contributed by atoms with van der Waals surface area (Å²) in [5, 5.41) is 12.0. The summed E-state index contributed by atoms with van der Waals surface area (Å²) in [5.41, 5.74) is 2.63. The molecule has 0 saturated carbocycles. The fourth-order valence-corrected chi connectivity index (χ4v) is 2.74. The third-order valence-electron chi connectivity index (χ3n) is 3.78. The molecule has 0 fully saturated rings. The van der Waals surface area contributed by atoms with Crippen molar-refractivity contribution < 1.29 is 9.47 Å². The molecule has 0 saturated heterocycles. The molecule has 6 nitrogen and oxygen atoms in total. The number of hydrogen-bond donors (Lipinski definition) is 2. The van der Waals surface area contributed by atoms with Gasteiger partial charge in [-0.3, -0.25) is 4.68 Å². The summed E-state index contributed by atoms with van der Waals surface area (Å²) >= 11 is 11.5. The maximum absolute atomic E-state index is 6.15. The van der Waals surface area contributed by atoms with E-state index in [-0.39, 0.29) is 0 Å². The molecular formula is C17H23ClN4O2S. The number of anilines is 1. The maximum atomic E-state index is 6.15. The van der Waals surface area contributed by atoms with Gasteiger partial charge in [0.25, 0.3) is 0 Å². The van der Waals surface area contributed by atoms with E-state index in [1.54, 1.807) is 20.3 Å². The Bertz CT molecular complexity index is 748. The Balaban J connectivity index is 1.82. The lowest BCUT2D eigenvalue weighted by atomic mass is 10.2. The van der Waals surface area contributed by atoms with Crippen LogP contribution in [0.2, 0.25) is 5.02 Å². The second kappa shape index (κ2) is 8.92. The Morgan fingerprint density at radius 3 is 2.64 bits per heavy atom. The van der Waals surface area contributed by atoms with Gasteiger partial charge >= 0.3 is 0 Å². The van der Waals surface area contributed by atoms with Crippen LogP contribution in [0.5, 0.6) is 11.5 Å². The van der Waals surface area contributed by atoms with Crippen LogP contribution in [0.3, 0.4) is 0 Å². The molecule has 25 heavy (non-hydrogen) atoms. The van der Waals surface area contributed by atoms with Crippen molar-refractivity contribution in [1.29, 1.82) is 0 Å². The van der Waals surface area contributed by atoms with Gasteiger partial charge in [0.1, 0.15) is 11.5 Å². The zero-order chi connectivity index (χ0) is 18.4. The molecule has 8 heteroatoms. The molecule has 1 heterocycles. The number of nitrogens with one attached hydrogen (secondary N) is 2. The van der Waals surface area contributed by atoms with Gasteiger partial charge in [-0.15, -0.1) is 0 Å². The van der Waals surface area contributed by atoms with Crippen LogP contribution in [0.4, 0.5) is 5.69 Å². The summed E-state index contributed by atoms with van der Waals surface area (Å²) in [5.74, 6) is 1.39. The van der Waals surface area contributed by atoms with Gasteiger partial charge in [-0.05, 0) is 44.6 Å². The van der Waals surface area contributed by atoms with Gasteiger partial charge < -0.3 is 20.1 Å². The van der Waals surface area contributed by atoms with E-state index in [1.807, 2.05) is 30.7 Å². The van der Waals surface area contributed by atoms with Crippen molar-refractivity contribution in [3.05, 3.63) is 34.6 Å². The molecule has 1 aromatic carbocycles. The van der Waals surface area contributed by atoms with Crippen LogP contribution in [-0.2, 0) is 6.54 Å². The van der Waals surface area contributed by atoms with Crippen molar-refractivity contribution in [3.8, 4) is 11.5 Å². The number of aryl methyl sites for hydroxylation is 2. The maximum Gasteiger partial charge on any atom is 0.170 e. The number of ether oxygens (including phenoxy) is 2. The van der Waals surface area contributed by atoms with Gasteiger partial charge in [-0.25, -0.2) is 0 Å². The molecule has 0 radical (unpaired) electrons. The zero-order valence-electron chi connectivity index (χ0n) is 14.9. The Morgan fingerprint density at radius 1 is 1.28 bits per heavy atom. The van der Waals surface area contributed by atoms with Crippen LogP contribution in [0.1, 0.15) is 17.8 Å². The van der Waals surface area contributed by atoms with E-state index >= 15 is 0 Å². The van der Waals surface area contributed by atoms with Crippen molar-refractivity contribution in [2.75, 3.05) is 26.1 Å². The summed E-state index contributed by atoms with van der Waals surface area (Å²) < 4.78 is 12.4. The molecule has 0 aliphatic heterocycles. The molecule has 0 spiro atoms. The highest BCUT2D eigenvalue weighted by atomic mass is 35.5. The minimum Gasteiger partial charge on any atom is -0.497 e. The van der Waals surface area contributed by atoms with Crippen LogP contribution in [-0.4, -0.2) is 35.7 Å². The van der Waals surface area contributed by atoms with E-state index in [0.717, 1.165) is 47.4 Å². The molecule has 0 unspecified atom stereocenters. The molecule has 0 bridgehead atoms. The number of hydrogen-bond acceptors (Lipinski definition) is 4. The standard InChI is InChI=1S/C17H23ClN4O2S/c1-11-16(18)12(2)22(21-11)9-5-8-19-17(25)20-14-7-6-13(23-3)10-15(14)24-4/h6-7,10H,5,8-9H2,1-4H3,(H2,19,20,25). The largest absolute Gasteiger partial charge is 0.497 e. The Labute approximate surface area is 158 Å². The molecule has 2 aromatic rings. The van der Waals surface area contributed by atoms with Gasteiger partial charge in [0.05, 0.1) is 36.3 Å². The number of halogens is 1. The first-order valence-corrected chi connectivity index (χ1v) is 8.71. The Morgan fingerprint density at radius 2 is 2.04 bits per heavy atom. The van der Waals surface area contributed by atoms with Crippen LogP contribution in [0.15, 0.2) is 18.2 Å². The summed E-state index contributed by atoms with van der Waals surface area (Å²) in [7, 11) is 3.22. The minimum absolute atomic E-state index is 0.537. The highest BCUT2D eigenvalue weighted by Crippen LogP contribution is 2.28. The molecule has 0 aliphatic rings. The minimum atomic E-state index is 0.537. The quantitative estimate of drug-likeness (QED) is 0.564.